The first-order valence-electron chi connectivity index (χ1n) is 7.59. The van der Waals surface area contributed by atoms with Gasteiger partial charge in [-0.1, -0.05) is 35.5 Å². The van der Waals surface area contributed by atoms with Crippen molar-refractivity contribution in [3.05, 3.63) is 47.8 Å². The van der Waals surface area contributed by atoms with E-state index in [1.807, 2.05) is 23.1 Å². The third kappa shape index (κ3) is 3.56. The Hall–Kier alpha value is -2.70. The van der Waals surface area contributed by atoms with E-state index in [9.17, 15) is 9.59 Å². The number of amides is 1. The monoisotopic (exact) mass is 314 g/mol. The molecule has 0 atom stereocenters. The molecule has 1 amide bonds. The van der Waals surface area contributed by atoms with Crippen LogP contribution in [0.15, 0.2) is 36.5 Å². The highest BCUT2D eigenvalue weighted by atomic mass is 16.4. The van der Waals surface area contributed by atoms with Crippen molar-refractivity contribution in [1.82, 2.24) is 19.9 Å². The van der Waals surface area contributed by atoms with E-state index in [1.165, 1.54) is 16.4 Å². The van der Waals surface area contributed by atoms with Crippen molar-refractivity contribution in [3.63, 3.8) is 0 Å². The minimum Gasteiger partial charge on any atom is -0.476 e. The zero-order valence-corrected chi connectivity index (χ0v) is 12.6. The van der Waals surface area contributed by atoms with Gasteiger partial charge in [-0.05, 0) is 24.3 Å². The molecule has 2 heterocycles. The normalized spacial score (nSPS) is 15.6. The second-order valence-electron chi connectivity index (χ2n) is 5.67. The standard InChI is InChI=1S/C16H18N4O3/c21-15(11-20-10-14(16(22)23)17-18-20)19-8-6-13(7-9-19)12-4-2-1-3-5-12/h1-5,10,13H,6-9,11H2,(H,22,23). The molecule has 1 N–H and O–H groups in total. The molecular formula is C16H18N4O3. The zero-order valence-electron chi connectivity index (χ0n) is 12.6. The van der Waals surface area contributed by atoms with Crippen LogP contribution in [0.4, 0.5) is 0 Å². The molecule has 7 heteroatoms. The van der Waals surface area contributed by atoms with Crippen molar-refractivity contribution in [2.45, 2.75) is 25.3 Å². The Morgan fingerprint density at radius 2 is 1.87 bits per heavy atom. The van der Waals surface area contributed by atoms with Gasteiger partial charge in [-0.25, -0.2) is 9.48 Å². The molecule has 23 heavy (non-hydrogen) atoms. The lowest BCUT2D eigenvalue weighted by Gasteiger charge is -2.32. The van der Waals surface area contributed by atoms with Crippen LogP contribution >= 0.6 is 0 Å². The minimum atomic E-state index is -1.15. The summed E-state index contributed by atoms with van der Waals surface area (Å²) in [5.74, 6) is -0.712. The van der Waals surface area contributed by atoms with Gasteiger partial charge in [0, 0.05) is 13.1 Å². The van der Waals surface area contributed by atoms with Crippen LogP contribution in [0.3, 0.4) is 0 Å². The van der Waals surface area contributed by atoms with Gasteiger partial charge in [-0.15, -0.1) is 5.10 Å². The predicted octanol–water partition coefficient (Wildman–Crippen LogP) is 1.38. The number of hydrogen-bond acceptors (Lipinski definition) is 4. The Labute approximate surface area is 133 Å². The molecule has 0 unspecified atom stereocenters. The van der Waals surface area contributed by atoms with Crippen molar-refractivity contribution in [2.75, 3.05) is 13.1 Å². The summed E-state index contributed by atoms with van der Waals surface area (Å²) >= 11 is 0. The van der Waals surface area contributed by atoms with Crippen LogP contribution < -0.4 is 0 Å². The van der Waals surface area contributed by atoms with Crippen LogP contribution in [0.1, 0.15) is 34.8 Å². The third-order valence-electron chi connectivity index (χ3n) is 4.17. The van der Waals surface area contributed by atoms with Gasteiger partial charge < -0.3 is 10.0 Å². The van der Waals surface area contributed by atoms with Crippen LogP contribution in [-0.4, -0.2) is 50.0 Å². The molecule has 1 aliphatic rings. The maximum Gasteiger partial charge on any atom is 0.358 e. The second-order valence-corrected chi connectivity index (χ2v) is 5.67. The number of carboxylic acid groups (broad SMARTS) is 1. The van der Waals surface area contributed by atoms with Crippen LogP contribution in [0.5, 0.6) is 0 Å². The lowest BCUT2D eigenvalue weighted by molar-refractivity contribution is -0.133. The number of piperidine rings is 1. The Morgan fingerprint density at radius 1 is 1.17 bits per heavy atom. The van der Waals surface area contributed by atoms with Crippen molar-refractivity contribution >= 4 is 11.9 Å². The number of carbonyl (C=O) groups excluding carboxylic acids is 1. The van der Waals surface area contributed by atoms with Gasteiger partial charge in [0.25, 0.3) is 0 Å². The number of carbonyl (C=O) groups is 2. The van der Waals surface area contributed by atoms with Crippen molar-refractivity contribution < 1.29 is 14.7 Å². The average Bonchev–Trinajstić information content (AvgIpc) is 3.04. The number of benzene rings is 1. The molecule has 120 valence electrons. The first kappa shape index (κ1) is 15.2. The highest BCUT2D eigenvalue weighted by Crippen LogP contribution is 2.27. The van der Waals surface area contributed by atoms with Crippen molar-refractivity contribution in [3.8, 4) is 0 Å². The maximum absolute atomic E-state index is 12.3. The van der Waals surface area contributed by atoms with Gasteiger partial charge in [0.05, 0.1) is 6.20 Å². The van der Waals surface area contributed by atoms with Gasteiger partial charge in [0.1, 0.15) is 6.54 Å². The van der Waals surface area contributed by atoms with E-state index >= 15 is 0 Å². The molecule has 0 aliphatic carbocycles. The first-order valence-corrected chi connectivity index (χ1v) is 7.59. The van der Waals surface area contributed by atoms with Crippen LogP contribution in [0.2, 0.25) is 0 Å². The molecular weight excluding hydrogens is 296 g/mol. The van der Waals surface area contributed by atoms with Crippen LogP contribution in [0, 0.1) is 0 Å². The highest BCUT2D eigenvalue weighted by Gasteiger charge is 2.24. The summed E-state index contributed by atoms with van der Waals surface area (Å²) in [5.41, 5.74) is 1.17. The number of likely N-dealkylation sites (tertiary alicyclic amines) is 1. The Kier molecular flexibility index (Phi) is 4.36. The molecule has 0 radical (unpaired) electrons. The first-order chi connectivity index (χ1) is 11.1. The summed E-state index contributed by atoms with van der Waals surface area (Å²) in [7, 11) is 0. The maximum atomic E-state index is 12.3. The van der Waals surface area contributed by atoms with E-state index in [2.05, 4.69) is 22.4 Å². The molecule has 1 aliphatic heterocycles. The minimum absolute atomic E-state index is 0.0241. The predicted molar refractivity (Wildman–Crippen MR) is 82.0 cm³/mol. The lowest BCUT2D eigenvalue weighted by Crippen LogP contribution is -2.39. The fourth-order valence-electron chi connectivity index (χ4n) is 2.90. The molecule has 2 aromatic rings. The molecule has 3 rings (SSSR count). The van der Waals surface area contributed by atoms with Crippen LogP contribution in [-0.2, 0) is 11.3 Å². The van der Waals surface area contributed by atoms with Gasteiger partial charge in [0.15, 0.2) is 5.69 Å². The fraction of sp³-hybridized carbons (Fsp3) is 0.375. The average molecular weight is 314 g/mol. The van der Waals surface area contributed by atoms with E-state index in [1.54, 1.807) is 0 Å². The molecule has 1 saturated heterocycles. The van der Waals surface area contributed by atoms with Crippen LogP contribution in [0.25, 0.3) is 0 Å². The number of hydrogen-bond donors (Lipinski definition) is 1. The van der Waals surface area contributed by atoms with Gasteiger partial charge >= 0.3 is 5.97 Å². The molecule has 7 nitrogen and oxygen atoms in total. The number of aromatic nitrogens is 3. The second kappa shape index (κ2) is 6.60. The number of nitrogens with zero attached hydrogens (tertiary/aromatic N) is 4. The summed E-state index contributed by atoms with van der Waals surface area (Å²) < 4.78 is 1.27. The Bertz CT molecular complexity index is 690. The quantitative estimate of drug-likeness (QED) is 0.921. The zero-order chi connectivity index (χ0) is 16.2. The molecule has 0 saturated carbocycles. The highest BCUT2D eigenvalue weighted by molar-refractivity contribution is 5.84. The number of carboxylic acids is 1. The molecule has 1 fully saturated rings. The number of aromatic carboxylic acids is 1. The fourth-order valence-corrected chi connectivity index (χ4v) is 2.90. The summed E-state index contributed by atoms with van der Waals surface area (Å²) in [5, 5.41) is 16.0. The van der Waals surface area contributed by atoms with E-state index in [0.717, 1.165) is 12.8 Å². The SMILES string of the molecule is O=C(O)c1cn(CC(=O)N2CCC(c3ccccc3)CC2)nn1. The largest absolute Gasteiger partial charge is 0.476 e. The van der Waals surface area contributed by atoms with Crippen molar-refractivity contribution in [2.24, 2.45) is 0 Å². The Balaban J connectivity index is 1.54. The molecule has 0 bridgehead atoms. The number of rotatable bonds is 4. The van der Waals surface area contributed by atoms with E-state index in [0.29, 0.717) is 19.0 Å². The van der Waals surface area contributed by atoms with Crippen molar-refractivity contribution in [1.29, 1.82) is 0 Å². The van der Waals surface area contributed by atoms with E-state index in [4.69, 9.17) is 5.11 Å². The molecule has 1 aromatic carbocycles. The topological polar surface area (TPSA) is 88.3 Å². The third-order valence-corrected chi connectivity index (χ3v) is 4.17. The van der Waals surface area contributed by atoms with Gasteiger partial charge in [0.2, 0.25) is 5.91 Å². The smallest absolute Gasteiger partial charge is 0.358 e. The van der Waals surface area contributed by atoms with Gasteiger partial charge in [-0.2, -0.15) is 0 Å². The lowest BCUT2D eigenvalue weighted by atomic mass is 9.89. The summed E-state index contributed by atoms with van der Waals surface area (Å²) in [4.78, 5) is 24.8. The summed E-state index contributed by atoms with van der Waals surface area (Å²) in [6.07, 6.45) is 3.15. The summed E-state index contributed by atoms with van der Waals surface area (Å²) in [6.45, 7) is 1.44. The summed E-state index contributed by atoms with van der Waals surface area (Å²) in [6, 6.07) is 10.3. The van der Waals surface area contributed by atoms with E-state index < -0.39 is 5.97 Å². The van der Waals surface area contributed by atoms with E-state index in [-0.39, 0.29) is 18.1 Å². The molecule has 1 aromatic heterocycles. The van der Waals surface area contributed by atoms with Gasteiger partial charge in [-0.3, -0.25) is 4.79 Å². The Morgan fingerprint density at radius 3 is 2.48 bits per heavy atom. The molecule has 0 spiro atoms.